The summed E-state index contributed by atoms with van der Waals surface area (Å²) in [5.74, 6) is 0.837. The Kier molecular flexibility index (Phi) is 6.23. The van der Waals surface area contributed by atoms with Gasteiger partial charge in [-0.15, -0.1) is 0 Å². The van der Waals surface area contributed by atoms with Crippen molar-refractivity contribution in [1.82, 2.24) is 19.8 Å². The van der Waals surface area contributed by atoms with Crippen molar-refractivity contribution in [2.24, 2.45) is 0 Å². The Bertz CT molecular complexity index is 817. The van der Waals surface area contributed by atoms with Crippen LogP contribution in [-0.4, -0.2) is 63.9 Å². The molecule has 0 saturated carbocycles. The van der Waals surface area contributed by atoms with E-state index in [9.17, 15) is 9.59 Å². The van der Waals surface area contributed by atoms with Crippen LogP contribution in [-0.2, 0) is 4.79 Å². The van der Waals surface area contributed by atoms with Gasteiger partial charge in [-0.1, -0.05) is 32.0 Å². The molecular formula is C21H26N4O3. The van der Waals surface area contributed by atoms with Gasteiger partial charge in [0.2, 0.25) is 0 Å². The molecule has 1 aliphatic rings. The topological polar surface area (TPSA) is 75.6 Å². The first-order chi connectivity index (χ1) is 13.5. The fourth-order valence-electron chi connectivity index (χ4n) is 3.26. The number of hydrogen-bond donors (Lipinski definition) is 0. The van der Waals surface area contributed by atoms with E-state index in [2.05, 4.69) is 23.8 Å². The average Bonchev–Trinajstić information content (AvgIpc) is 2.73. The number of carbonyl (C=O) groups is 2. The van der Waals surface area contributed by atoms with Crippen LogP contribution in [0.25, 0.3) is 0 Å². The largest absolute Gasteiger partial charge is 0.481 e. The van der Waals surface area contributed by atoms with Crippen molar-refractivity contribution in [2.45, 2.75) is 32.8 Å². The fraction of sp³-hybridized carbons (Fsp3) is 0.429. The fourth-order valence-corrected chi connectivity index (χ4v) is 3.26. The molecule has 0 N–H and O–H groups in total. The number of para-hydroxylation sites is 1. The Morgan fingerprint density at radius 1 is 1.00 bits per heavy atom. The van der Waals surface area contributed by atoms with Crippen LogP contribution in [0.2, 0.25) is 0 Å². The molecule has 1 aromatic carbocycles. The third kappa shape index (κ3) is 4.47. The normalized spacial score (nSPS) is 15.4. The molecule has 1 aromatic heterocycles. The van der Waals surface area contributed by atoms with Crippen LogP contribution in [0.15, 0.2) is 42.9 Å². The summed E-state index contributed by atoms with van der Waals surface area (Å²) in [7, 11) is 0. The number of ether oxygens (including phenoxy) is 1. The maximum absolute atomic E-state index is 12.8. The molecule has 7 nitrogen and oxygen atoms in total. The first-order valence-electron chi connectivity index (χ1n) is 9.57. The number of amides is 2. The highest BCUT2D eigenvalue weighted by molar-refractivity contribution is 5.92. The van der Waals surface area contributed by atoms with Gasteiger partial charge in [-0.05, 0) is 24.5 Å². The van der Waals surface area contributed by atoms with E-state index >= 15 is 0 Å². The number of hydrogen-bond acceptors (Lipinski definition) is 5. The molecule has 28 heavy (non-hydrogen) atoms. The Morgan fingerprint density at radius 2 is 1.68 bits per heavy atom. The van der Waals surface area contributed by atoms with Gasteiger partial charge in [0.05, 0.1) is 6.20 Å². The molecule has 2 heterocycles. The molecular weight excluding hydrogens is 356 g/mol. The molecule has 0 bridgehead atoms. The van der Waals surface area contributed by atoms with Gasteiger partial charge in [-0.3, -0.25) is 14.6 Å². The van der Waals surface area contributed by atoms with Crippen LogP contribution in [0, 0.1) is 0 Å². The first-order valence-corrected chi connectivity index (χ1v) is 9.57. The summed E-state index contributed by atoms with van der Waals surface area (Å²) in [6.45, 7) is 7.86. The number of aromatic nitrogens is 2. The maximum Gasteiger partial charge on any atom is 0.274 e. The highest BCUT2D eigenvalue weighted by atomic mass is 16.5. The Balaban J connectivity index is 1.57. The second kappa shape index (κ2) is 8.82. The van der Waals surface area contributed by atoms with E-state index in [0.717, 1.165) is 11.3 Å². The quantitative estimate of drug-likeness (QED) is 0.793. The molecule has 2 aromatic rings. The van der Waals surface area contributed by atoms with Crippen molar-refractivity contribution in [3.63, 3.8) is 0 Å². The molecule has 0 aliphatic carbocycles. The zero-order chi connectivity index (χ0) is 20.1. The molecule has 1 atom stereocenters. The van der Waals surface area contributed by atoms with Gasteiger partial charge >= 0.3 is 0 Å². The molecule has 148 valence electrons. The maximum atomic E-state index is 12.8. The third-order valence-electron chi connectivity index (χ3n) is 4.85. The molecule has 1 fully saturated rings. The smallest absolute Gasteiger partial charge is 0.274 e. The lowest BCUT2D eigenvalue weighted by molar-refractivity contribution is -0.139. The Hall–Kier alpha value is -2.96. The summed E-state index contributed by atoms with van der Waals surface area (Å²) in [5.41, 5.74) is 1.41. The number of carbonyl (C=O) groups excluding carboxylic acids is 2. The zero-order valence-corrected chi connectivity index (χ0v) is 16.5. The molecule has 3 rings (SSSR count). The van der Waals surface area contributed by atoms with Crippen molar-refractivity contribution in [3.05, 3.63) is 54.1 Å². The Morgan fingerprint density at radius 3 is 2.32 bits per heavy atom. The molecule has 1 unspecified atom stereocenters. The van der Waals surface area contributed by atoms with Crippen molar-refractivity contribution >= 4 is 11.8 Å². The highest BCUT2D eigenvalue weighted by Crippen LogP contribution is 2.27. The van der Waals surface area contributed by atoms with Crippen molar-refractivity contribution in [3.8, 4) is 5.75 Å². The minimum Gasteiger partial charge on any atom is -0.481 e. The van der Waals surface area contributed by atoms with Crippen LogP contribution in [0.4, 0.5) is 0 Å². The van der Waals surface area contributed by atoms with Gasteiger partial charge in [0.25, 0.3) is 11.8 Å². The van der Waals surface area contributed by atoms with Crippen LogP contribution in [0.5, 0.6) is 5.75 Å². The van der Waals surface area contributed by atoms with Gasteiger partial charge in [0, 0.05) is 38.6 Å². The van der Waals surface area contributed by atoms with Gasteiger partial charge < -0.3 is 14.5 Å². The summed E-state index contributed by atoms with van der Waals surface area (Å²) in [5, 5.41) is 0. The van der Waals surface area contributed by atoms with Crippen LogP contribution >= 0.6 is 0 Å². The van der Waals surface area contributed by atoms with Crippen LogP contribution in [0.1, 0.15) is 42.7 Å². The monoisotopic (exact) mass is 382 g/mol. The molecule has 7 heteroatoms. The summed E-state index contributed by atoms with van der Waals surface area (Å²) in [4.78, 5) is 36.7. The standard InChI is InChI=1S/C21H26N4O3/c1-15(2)17-6-4-5-7-19(17)28-16(3)20(26)24-10-12-25(13-11-24)21(27)18-14-22-8-9-23-18/h4-9,14-16H,10-13H2,1-3H3. The summed E-state index contributed by atoms with van der Waals surface area (Å²) in [6.07, 6.45) is 3.91. The van der Waals surface area contributed by atoms with Crippen molar-refractivity contribution in [1.29, 1.82) is 0 Å². The summed E-state index contributed by atoms with van der Waals surface area (Å²) >= 11 is 0. The SMILES string of the molecule is CC(Oc1ccccc1C(C)C)C(=O)N1CCN(C(=O)c2cnccn2)CC1. The van der Waals surface area contributed by atoms with E-state index in [-0.39, 0.29) is 11.8 Å². The number of nitrogens with zero attached hydrogens (tertiary/aromatic N) is 4. The zero-order valence-electron chi connectivity index (χ0n) is 16.5. The Labute approximate surface area is 165 Å². The predicted octanol–water partition coefficient (Wildman–Crippen LogP) is 2.35. The van der Waals surface area contributed by atoms with Gasteiger partial charge in [-0.25, -0.2) is 4.98 Å². The molecule has 0 radical (unpaired) electrons. The van der Waals surface area contributed by atoms with E-state index in [0.29, 0.717) is 37.8 Å². The molecule has 2 amide bonds. The third-order valence-corrected chi connectivity index (χ3v) is 4.85. The van der Waals surface area contributed by atoms with Gasteiger partial charge in [0.1, 0.15) is 11.4 Å². The lowest BCUT2D eigenvalue weighted by Crippen LogP contribution is -2.53. The van der Waals surface area contributed by atoms with E-state index in [1.165, 1.54) is 18.6 Å². The van der Waals surface area contributed by atoms with E-state index in [4.69, 9.17) is 4.74 Å². The molecule has 1 saturated heterocycles. The number of benzene rings is 1. The minimum atomic E-state index is -0.581. The second-order valence-corrected chi connectivity index (χ2v) is 7.16. The van der Waals surface area contributed by atoms with Crippen LogP contribution in [0.3, 0.4) is 0 Å². The first kappa shape index (κ1) is 19.8. The minimum absolute atomic E-state index is 0.0647. The lowest BCUT2D eigenvalue weighted by atomic mass is 10.0. The average molecular weight is 382 g/mol. The van der Waals surface area contributed by atoms with E-state index in [1.807, 2.05) is 24.3 Å². The van der Waals surface area contributed by atoms with Crippen LogP contribution < -0.4 is 4.74 Å². The molecule has 0 spiro atoms. The van der Waals surface area contributed by atoms with Gasteiger partial charge in [0.15, 0.2) is 6.10 Å². The lowest BCUT2D eigenvalue weighted by Gasteiger charge is -2.35. The van der Waals surface area contributed by atoms with Crippen molar-refractivity contribution in [2.75, 3.05) is 26.2 Å². The van der Waals surface area contributed by atoms with Crippen molar-refractivity contribution < 1.29 is 14.3 Å². The predicted molar refractivity (Wildman–Crippen MR) is 105 cm³/mol. The number of piperazine rings is 1. The summed E-state index contributed by atoms with van der Waals surface area (Å²) < 4.78 is 5.98. The summed E-state index contributed by atoms with van der Waals surface area (Å²) in [6, 6.07) is 7.81. The van der Waals surface area contributed by atoms with E-state index in [1.54, 1.807) is 16.7 Å². The molecule has 1 aliphatic heterocycles. The highest BCUT2D eigenvalue weighted by Gasteiger charge is 2.29. The second-order valence-electron chi connectivity index (χ2n) is 7.16. The number of rotatable bonds is 5. The van der Waals surface area contributed by atoms with Gasteiger partial charge in [-0.2, -0.15) is 0 Å². The van der Waals surface area contributed by atoms with E-state index < -0.39 is 6.10 Å².